The number of anilines is 1. The number of hydrogen-bond acceptors (Lipinski definition) is 2. The van der Waals surface area contributed by atoms with Crippen LogP contribution in [0.15, 0.2) is 22.7 Å². The van der Waals surface area contributed by atoms with Crippen molar-refractivity contribution in [1.29, 1.82) is 0 Å². The van der Waals surface area contributed by atoms with E-state index in [2.05, 4.69) is 21.2 Å². The first-order chi connectivity index (χ1) is 7.22. The summed E-state index contributed by atoms with van der Waals surface area (Å²) in [6.45, 7) is 1.17. The molecule has 1 unspecified atom stereocenters. The number of halogens is 1. The molecule has 2 aliphatic heterocycles. The molecule has 0 aliphatic carbocycles. The minimum Gasteiger partial charge on any atom is -0.380 e. The van der Waals surface area contributed by atoms with Gasteiger partial charge in [-0.05, 0) is 30.2 Å². The summed E-state index contributed by atoms with van der Waals surface area (Å²) in [7, 11) is 0. The Morgan fingerprint density at radius 3 is 3.07 bits per heavy atom. The molecule has 1 aromatic carbocycles. The average molecular weight is 268 g/mol. The highest BCUT2D eigenvalue weighted by Crippen LogP contribution is 2.44. The summed E-state index contributed by atoms with van der Waals surface area (Å²) in [5.41, 5.74) is 1.56. The van der Waals surface area contributed by atoms with E-state index in [1.54, 1.807) is 0 Å². The molecule has 3 rings (SSSR count). The van der Waals surface area contributed by atoms with Gasteiger partial charge in [0.15, 0.2) is 0 Å². The molecule has 2 heterocycles. The molecule has 0 radical (unpaired) electrons. The molecular weight excluding hydrogens is 258 g/mol. The summed E-state index contributed by atoms with van der Waals surface area (Å²) in [6, 6.07) is 5.89. The monoisotopic (exact) mass is 267 g/mol. The smallest absolute Gasteiger partial charge is 0.237 e. The van der Waals surface area contributed by atoms with E-state index in [9.17, 15) is 4.79 Å². The minimum atomic E-state index is -0.431. The van der Waals surface area contributed by atoms with E-state index < -0.39 is 5.41 Å². The number of hydrogen-bond donors (Lipinski definition) is 1. The molecule has 2 aliphatic rings. The molecule has 1 amide bonds. The van der Waals surface area contributed by atoms with Crippen molar-refractivity contribution in [3.05, 3.63) is 28.2 Å². The van der Waals surface area contributed by atoms with Crippen LogP contribution in [0.3, 0.4) is 0 Å². The van der Waals surface area contributed by atoms with Crippen molar-refractivity contribution in [3.63, 3.8) is 0 Å². The lowest BCUT2D eigenvalue weighted by Crippen LogP contribution is -2.34. The van der Waals surface area contributed by atoms with E-state index in [1.807, 2.05) is 18.2 Å². The van der Waals surface area contributed by atoms with Gasteiger partial charge in [0.05, 0.1) is 6.61 Å². The van der Waals surface area contributed by atoms with E-state index in [4.69, 9.17) is 4.74 Å². The lowest BCUT2D eigenvalue weighted by molar-refractivity contribution is -0.120. The Kier molecular flexibility index (Phi) is 1.91. The Bertz CT molecular complexity index is 438. The Balaban J connectivity index is 2.19. The molecule has 1 fully saturated rings. The average Bonchev–Trinajstić information content (AvgIpc) is 2.78. The SMILES string of the molecule is O=C1Nc2ccc(Br)cc2C12CCOC2. The third-order valence-electron chi connectivity index (χ3n) is 3.20. The second-order valence-corrected chi connectivity index (χ2v) is 4.94. The zero-order chi connectivity index (χ0) is 10.5. The number of ether oxygens (including phenoxy) is 1. The number of fused-ring (bicyclic) bond motifs is 2. The van der Waals surface area contributed by atoms with E-state index in [0.717, 1.165) is 22.1 Å². The standard InChI is InChI=1S/C11H10BrNO2/c12-7-1-2-9-8(5-7)11(10(14)13-9)3-4-15-6-11/h1-2,5H,3-4,6H2,(H,13,14). The second kappa shape index (κ2) is 3.06. The molecule has 4 heteroatoms. The number of carbonyl (C=O) groups is 1. The number of amides is 1. The predicted octanol–water partition coefficient (Wildman–Crippen LogP) is 2.06. The van der Waals surface area contributed by atoms with E-state index in [-0.39, 0.29) is 5.91 Å². The molecule has 1 aromatic rings. The molecule has 3 nitrogen and oxygen atoms in total. The Hall–Kier alpha value is -0.870. The summed E-state index contributed by atoms with van der Waals surface area (Å²) in [5, 5.41) is 2.92. The third-order valence-corrected chi connectivity index (χ3v) is 3.69. The van der Waals surface area contributed by atoms with Crippen LogP contribution in [0, 0.1) is 0 Å². The van der Waals surface area contributed by atoms with Crippen molar-refractivity contribution in [2.24, 2.45) is 0 Å². The molecule has 1 saturated heterocycles. The van der Waals surface area contributed by atoms with Crippen LogP contribution in [0.5, 0.6) is 0 Å². The number of rotatable bonds is 0. The van der Waals surface area contributed by atoms with Gasteiger partial charge in [-0.25, -0.2) is 0 Å². The van der Waals surface area contributed by atoms with Gasteiger partial charge in [0, 0.05) is 16.8 Å². The molecule has 15 heavy (non-hydrogen) atoms. The van der Waals surface area contributed by atoms with E-state index in [0.29, 0.717) is 13.2 Å². The molecule has 1 N–H and O–H groups in total. The fraction of sp³-hybridized carbons (Fsp3) is 0.364. The lowest BCUT2D eigenvalue weighted by Gasteiger charge is -2.18. The first kappa shape index (κ1) is 9.36. The summed E-state index contributed by atoms with van der Waals surface area (Å²) in [6.07, 6.45) is 0.780. The van der Waals surface area contributed by atoms with Crippen molar-refractivity contribution in [2.45, 2.75) is 11.8 Å². The molecule has 1 atom stereocenters. The van der Waals surface area contributed by atoms with Crippen molar-refractivity contribution < 1.29 is 9.53 Å². The van der Waals surface area contributed by atoms with Crippen molar-refractivity contribution in [3.8, 4) is 0 Å². The van der Waals surface area contributed by atoms with Crippen molar-refractivity contribution in [2.75, 3.05) is 18.5 Å². The van der Waals surface area contributed by atoms with Gasteiger partial charge in [0.2, 0.25) is 5.91 Å². The molecule has 1 spiro atoms. The van der Waals surface area contributed by atoms with Crippen LogP contribution >= 0.6 is 15.9 Å². The van der Waals surface area contributed by atoms with Gasteiger partial charge in [-0.3, -0.25) is 4.79 Å². The molecular formula is C11H10BrNO2. The highest BCUT2D eigenvalue weighted by atomic mass is 79.9. The van der Waals surface area contributed by atoms with Crippen LogP contribution in [-0.2, 0) is 14.9 Å². The Labute approximate surface area is 95.9 Å². The van der Waals surface area contributed by atoms with Gasteiger partial charge in [-0.1, -0.05) is 15.9 Å². The first-order valence-corrected chi connectivity index (χ1v) is 5.71. The Morgan fingerprint density at radius 1 is 1.47 bits per heavy atom. The lowest BCUT2D eigenvalue weighted by atomic mass is 9.81. The van der Waals surface area contributed by atoms with Gasteiger partial charge >= 0.3 is 0 Å². The number of nitrogens with one attached hydrogen (secondary N) is 1. The number of benzene rings is 1. The van der Waals surface area contributed by atoms with Crippen molar-refractivity contribution >= 4 is 27.5 Å². The van der Waals surface area contributed by atoms with Gasteiger partial charge in [0.1, 0.15) is 5.41 Å². The van der Waals surface area contributed by atoms with Gasteiger partial charge in [0.25, 0.3) is 0 Å². The maximum absolute atomic E-state index is 12.0. The van der Waals surface area contributed by atoms with Crippen LogP contribution in [0.25, 0.3) is 0 Å². The quantitative estimate of drug-likeness (QED) is 0.782. The second-order valence-electron chi connectivity index (χ2n) is 4.03. The van der Waals surface area contributed by atoms with Crippen LogP contribution < -0.4 is 5.32 Å². The van der Waals surface area contributed by atoms with Gasteiger partial charge in [-0.2, -0.15) is 0 Å². The molecule has 0 aromatic heterocycles. The fourth-order valence-corrected chi connectivity index (χ4v) is 2.70. The van der Waals surface area contributed by atoms with Crippen LogP contribution in [-0.4, -0.2) is 19.1 Å². The summed E-state index contributed by atoms with van der Waals surface area (Å²) >= 11 is 3.44. The highest BCUT2D eigenvalue weighted by Gasteiger charge is 2.49. The van der Waals surface area contributed by atoms with E-state index >= 15 is 0 Å². The molecule has 78 valence electrons. The summed E-state index contributed by atoms with van der Waals surface area (Å²) in [5.74, 6) is 0.0769. The van der Waals surface area contributed by atoms with Gasteiger partial charge in [-0.15, -0.1) is 0 Å². The zero-order valence-corrected chi connectivity index (χ0v) is 9.63. The summed E-state index contributed by atoms with van der Waals surface area (Å²) < 4.78 is 6.38. The van der Waals surface area contributed by atoms with Crippen LogP contribution in [0.2, 0.25) is 0 Å². The molecule has 0 saturated carbocycles. The first-order valence-electron chi connectivity index (χ1n) is 4.92. The summed E-state index contributed by atoms with van der Waals surface area (Å²) in [4.78, 5) is 12.0. The minimum absolute atomic E-state index is 0.0769. The predicted molar refractivity (Wildman–Crippen MR) is 59.9 cm³/mol. The Morgan fingerprint density at radius 2 is 2.33 bits per heavy atom. The van der Waals surface area contributed by atoms with Gasteiger partial charge < -0.3 is 10.1 Å². The molecule has 0 bridgehead atoms. The largest absolute Gasteiger partial charge is 0.380 e. The van der Waals surface area contributed by atoms with Crippen LogP contribution in [0.4, 0.5) is 5.69 Å². The zero-order valence-electron chi connectivity index (χ0n) is 8.05. The van der Waals surface area contributed by atoms with Crippen LogP contribution in [0.1, 0.15) is 12.0 Å². The normalized spacial score (nSPS) is 28.2. The fourth-order valence-electron chi connectivity index (χ4n) is 2.34. The maximum atomic E-state index is 12.0. The van der Waals surface area contributed by atoms with Crippen molar-refractivity contribution in [1.82, 2.24) is 0 Å². The highest BCUT2D eigenvalue weighted by molar-refractivity contribution is 9.10. The number of carbonyl (C=O) groups excluding carboxylic acids is 1. The topological polar surface area (TPSA) is 38.3 Å². The van der Waals surface area contributed by atoms with E-state index in [1.165, 1.54) is 0 Å². The maximum Gasteiger partial charge on any atom is 0.237 e. The third kappa shape index (κ3) is 1.18.